The molecule has 1 aromatic heterocycles. The highest BCUT2D eigenvalue weighted by atomic mass is 79.9. The highest BCUT2D eigenvalue weighted by Crippen LogP contribution is 2.27. The first-order chi connectivity index (χ1) is 7.59. The van der Waals surface area contributed by atoms with E-state index in [0.29, 0.717) is 14.8 Å². The van der Waals surface area contributed by atoms with Crippen molar-refractivity contribution in [3.63, 3.8) is 0 Å². The molecule has 0 fully saturated rings. The first-order valence-corrected chi connectivity index (χ1v) is 6.32. The third kappa shape index (κ3) is 2.19. The molecule has 1 heterocycles. The van der Waals surface area contributed by atoms with Gasteiger partial charge in [0.05, 0.1) is 13.7 Å². The smallest absolute Gasteiger partial charge is 0.204 e. The predicted molar refractivity (Wildman–Crippen MR) is 66.9 cm³/mol. The lowest BCUT2D eigenvalue weighted by atomic mass is 10.1. The van der Waals surface area contributed by atoms with Crippen molar-refractivity contribution in [3.8, 4) is 0 Å². The van der Waals surface area contributed by atoms with Crippen molar-refractivity contribution in [1.29, 1.82) is 0 Å². The largest absolute Gasteiger partial charge is 0.288 e. The van der Waals surface area contributed by atoms with Crippen LogP contribution >= 0.6 is 38.9 Å². The number of ketones is 1. The highest BCUT2D eigenvalue weighted by molar-refractivity contribution is 9.10. The number of carbonyl (C=O) groups excluding carboxylic acids is 1. The quantitative estimate of drug-likeness (QED) is 0.743. The molecule has 0 aliphatic heterocycles. The van der Waals surface area contributed by atoms with Gasteiger partial charge in [-0.1, -0.05) is 17.7 Å². The van der Waals surface area contributed by atoms with E-state index in [1.807, 2.05) is 0 Å². The van der Waals surface area contributed by atoms with Crippen molar-refractivity contribution in [2.45, 2.75) is 0 Å². The monoisotopic (exact) mass is 318 g/mol. The van der Waals surface area contributed by atoms with Gasteiger partial charge in [-0.25, -0.2) is 4.39 Å². The minimum atomic E-state index is -0.450. The van der Waals surface area contributed by atoms with Gasteiger partial charge in [-0.15, -0.1) is 11.3 Å². The summed E-state index contributed by atoms with van der Waals surface area (Å²) < 4.78 is 14.0. The Morgan fingerprint density at radius 1 is 1.31 bits per heavy atom. The predicted octanol–water partition coefficient (Wildman–Crippen LogP) is 4.53. The maximum absolute atomic E-state index is 13.2. The Hall–Kier alpha value is -0.710. The summed E-state index contributed by atoms with van der Waals surface area (Å²) >= 11 is 9.98. The van der Waals surface area contributed by atoms with E-state index >= 15 is 0 Å². The number of thiophene rings is 1. The summed E-state index contributed by atoms with van der Waals surface area (Å²) in [6, 6.07) is 7.65. The van der Waals surface area contributed by atoms with Crippen molar-refractivity contribution in [2.24, 2.45) is 0 Å². The van der Waals surface area contributed by atoms with Gasteiger partial charge in [0.25, 0.3) is 0 Å². The Morgan fingerprint density at radius 2 is 2.06 bits per heavy atom. The lowest BCUT2D eigenvalue weighted by Gasteiger charge is -2.02. The molecule has 0 saturated carbocycles. The molecule has 5 heteroatoms. The number of benzene rings is 1. The third-order valence-electron chi connectivity index (χ3n) is 1.99. The van der Waals surface area contributed by atoms with E-state index in [1.54, 1.807) is 18.2 Å². The van der Waals surface area contributed by atoms with Crippen LogP contribution in [0.25, 0.3) is 0 Å². The second-order valence-corrected chi connectivity index (χ2v) is 5.54. The summed E-state index contributed by atoms with van der Waals surface area (Å²) in [4.78, 5) is 12.5. The molecule has 0 bridgehead atoms. The van der Waals surface area contributed by atoms with Gasteiger partial charge in [-0.3, -0.25) is 4.79 Å². The van der Waals surface area contributed by atoms with Crippen LogP contribution in [-0.2, 0) is 0 Å². The van der Waals surface area contributed by atoms with Gasteiger partial charge in [-0.05, 0) is 40.2 Å². The lowest BCUT2D eigenvalue weighted by molar-refractivity contribution is 0.104. The molecule has 0 saturated heterocycles. The van der Waals surface area contributed by atoms with Crippen LogP contribution in [0.3, 0.4) is 0 Å². The van der Waals surface area contributed by atoms with E-state index in [0.717, 1.165) is 0 Å². The van der Waals surface area contributed by atoms with Crippen LogP contribution in [0.1, 0.15) is 15.2 Å². The fourth-order valence-corrected chi connectivity index (χ4v) is 2.69. The van der Waals surface area contributed by atoms with Gasteiger partial charge in [0.1, 0.15) is 5.82 Å². The van der Waals surface area contributed by atoms with Crippen molar-refractivity contribution in [2.75, 3.05) is 0 Å². The van der Waals surface area contributed by atoms with Gasteiger partial charge >= 0.3 is 0 Å². The molecule has 1 nitrogen and oxygen atoms in total. The molecule has 0 spiro atoms. The summed E-state index contributed by atoms with van der Waals surface area (Å²) in [6.45, 7) is 0. The van der Waals surface area contributed by atoms with Crippen LogP contribution in [0.4, 0.5) is 4.39 Å². The molecule has 2 aromatic rings. The van der Waals surface area contributed by atoms with Crippen molar-refractivity contribution in [3.05, 3.63) is 55.4 Å². The summed E-state index contributed by atoms with van der Waals surface area (Å²) in [5.41, 5.74) is 0.304. The molecular formula is C11H5BrClFOS. The molecule has 0 unspecified atom stereocenters. The first kappa shape index (κ1) is 11.8. The molecule has 0 radical (unpaired) electrons. The number of carbonyl (C=O) groups is 1. The number of halogens is 3. The molecule has 0 N–H and O–H groups in total. The average Bonchev–Trinajstić information content (AvgIpc) is 2.68. The molecule has 0 atom stereocenters. The highest BCUT2D eigenvalue weighted by Gasteiger charge is 2.16. The molecule has 82 valence electrons. The summed E-state index contributed by atoms with van der Waals surface area (Å²) in [7, 11) is 0. The summed E-state index contributed by atoms with van der Waals surface area (Å²) in [6.07, 6.45) is 0. The van der Waals surface area contributed by atoms with Crippen LogP contribution in [0.15, 0.2) is 34.8 Å². The van der Waals surface area contributed by atoms with Crippen molar-refractivity contribution >= 4 is 44.7 Å². The minimum absolute atomic E-state index is 0.185. The van der Waals surface area contributed by atoms with Gasteiger partial charge in [0.15, 0.2) is 0 Å². The van der Waals surface area contributed by atoms with E-state index in [9.17, 15) is 9.18 Å². The molecule has 16 heavy (non-hydrogen) atoms. The normalized spacial score (nSPS) is 10.4. The van der Waals surface area contributed by atoms with Crippen LogP contribution in [-0.4, -0.2) is 5.78 Å². The Kier molecular flexibility index (Phi) is 3.42. The standard InChI is InChI=1S/C11H5BrClFOS/c12-10-6(2-1-3-7(10)14)11(15)8-4-5-9(13)16-8/h1-5H. The van der Waals surface area contributed by atoms with E-state index in [1.165, 1.54) is 23.5 Å². The zero-order valence-corrected chi connectivity index (χ0v) is 11.0. The van der Waals surface area contributed by atoms with E-state index in [-0.39, 0.29) is 10.3 Å². The molecular weight excluding hydrogens is 315 g/mol. The molecule has 2 rings (SSSR count). The Bertz CT molecular complexity index is 553. The Morgan fingerprint density at radius 3 is 2.69 bits per heavy atom. The fourth-order valence-electron chi connectivity index (χ4n) is 1.25. The molecule has 0 aliphatic rings. The second-order valence-electron chi connectivity index (χ2n) is 3.03. The second kappa shape index (κ2) is 4.65. The van der Waals surface area contributed by atoms with E-state index < -0.39 is 5.82 Å². The zero-order valence-electron chi connectivity index (χ0n) is 7.84. The van der Waals surface area contributed by atoms with Crippen LogP contribution in [0.2, 0.25) is 4.34 Å². The first-order valence-electron chi connectivity index (χ1n) is 4.33. The molecule has 1 aromatic carbocycles. The minimum Gasteiger partial charge on any atom is -0.288 e. The maximum Gasteiger partial charge on any atom is 0.204 e. The van der Waals surface area contributed by atoms with Crippen molar-refractivity contribution < 1.29 is 9.18 Å². The Balaban J connectivity index is 2.45. The van der Waals surface area contributed by atoms with Crippen LogP contribution in [0, 0.1) is 5.82 Å². The topological polar surface area (TPSA) is 17.1 Å². The summed E-state index contributed by atoms with van der Waals surface area (Å²) in [5, 5.41) is 0. The zero-order chi connectivity index (χ0) is 11.7. The van der Waals surface area contributed by atoms with E-state index in [2.05, 4.69) is 15.9 Å². The van der Waals surface area contributed by atoms with Gasteiger partial charge in [0.2, 0.25) is 5.78 Å². The summed E-state index contributed by atoms with van der Waals surface area (Å²) in [5.74, 6) is -0.684. The van der Waals surface area contributed by atoms with Crippen LogP contribution < -0.4 is 0 Å². The molecule has 0 amide bonds. The van der Waals surface area contributed by atoms with Crippen molar-refractivity contribution in [1.82, 2.24) is 0 Å². The van der Waals surface area contributed by atoms with E-state index in [4.69, 9.17) is 11.6 Å². The SMILES string of the molecule is O=C(c1ccc(Cl)s1)c1cccc(F)c1Br. The van der Waals surface area contributed by atoms with Gasteiger partial charge < -0.3 is 0 Å². The number of rotatable bonds is 2. The fraction of sp³-hybridized carbons (Fsp3) is 0. The van der Waals surface area contributed by atoms with Gasteiger partial charge in [-0.2, -0.15) is 0 Å². The van der Waals surface area contributed by atoms with Gasteiger partial charge in [0, 0.05) is 5.56 Å². The van der Waals surface area contributed by atoms with Crippen LogP contribution in [0.5, 0.6) is 0 Å². The average molecular weight is 320 g/mol. The number of hydrogen-bond acceptors (Lipinski definition) is 2. The number of hydrogen-bond donors (Lipinski definition) is 0. The Labute approximate surface area is 109 Å². The lowest BCUT2D eigenvalue weighted by Crippen LogP contribution is -2.00. The maximum atomic E-state index is 13.2. The third-order valence-corrected chi connectivity index (χ3v) is 4.03. The molecule has 0 aliphatic carbocycles.